The van der Waals surface area contributed by atoms with Crippen molar-refractivity contribution in [1.82, 2.24) is 20.2 Å². The number of nitrogens with zero attached hydrogens (tertiary/aromatic N) is 3. The Kier molecular flexibility index (Phi) is 4.10. The van der Waals surface area contributed by atoms with E-state index in [1.54, 1.807) is 6.20 Å². The molecule has 5 nitrogen and oxygen atoms in total. The van der Waals surface area contributed by atoms with E-state index in [0.717, 1.165) is 16.4 Å². The smallest absolute Gasteiger partial charge is 0.263 e. The molecule has 3 fully saturated rings. The first-order valence-electron chi connectivity index (χ1n) is 8.57. The molecule has 1 N–H and O–H groups in total. The van der Waals surface area contributed by atoms with E-state index >= 15 is 0 Å². The molecule has 6 heteroatoms. The second-order valence-electron chi connectivity index (χ2n) is 6.76. The summed E-state index contributed by atoms with van der Waals surface area (Å²) in [5.41, 5.74) is 1.60. The van der Waals surface area contributed by atoms with Crippen molar-refractivity contribution in [3.8, 4) is 10.7 Å². The van der Waals surface area contributed by atoms with Gasteiger partial charge in [-0.05, 0) is 57.8 Å². The topological polar surface area (TPSA) is 58.1 Å². The Bertz CT molecular complexity index is 735. The minimum absolute atomic E-state index is 0.0118. The van der Waals surface area contributed by atoms with E-state index in [1.807, 2.05) is 25.1 Å². The highest BCUT2D eigenvalue weighted by Crippen LogP contribution is 2.33. The van der Waals surface area contributed by atoms with Gasteiger partial charge in [-0.1, -0.05) is 6.07 Å². The molecule has 3 saturated heterocycles. The number of fused-ring (bicyclic) bond motifs is 3. The van der Waals surface area contributed by atoms with Crippen LogP contribution in [0.4, 0.5) is 0 Å². The van der Waals surface area contributed by atoms with Crippen molar-refractivity contribution >= 4 is 17.2 Å². The Balaban J connectivity index is 1.54. The number of carbonyl (C=O) groups excluding carboxylic acids is 1. The number of amides is 1. The van der Waals surface area contributed by atoms with Gasteiger partial charge in [-0.2, -0.15) is 0 Å². The summed E-state index contributed by atoms with van der Waals surface area (Å²) in [6, 6.07) is 6.42. The molecule has 0 radical (unpaired) electrons. The lowest BCUT2D eigenvalue weighted by molar-refractivity contribution is 0.0218. The highest BCUT2D eigenvalue weighted by molar-refractivity contribution is 7.17. The Morgan fingerprint density at radius 2 is 2.12 bits per heavy atom. The van der Waals surface area contributed by atoms with Crippen LogP contribution in [0.15, 0.2) is 24.4 Å². The largest absolute Gasteiger partial charge is 0.347 e. The molecule has 2 atom stereocenters. The minimum Gasteiger partial charge on any atom is -0.347 e. The van der Waals surface area contributed by atoms with Gasteiger partial charge in [0, 0.05) is 18.3 Å². The van der Waals surface area contributed by atoms with E-state index in [2.05, 4.69) is 27.1 Å². The average Bonchev–Trinajstić information content (AvgIpc) is 3.01. The third kappa shape index (κ3) is 2.74. The van der Waals surface area contributed by atoms with Crippen molar-refractivity contribution in [1.29, 1.82) is 0 Å². The van der Waals surface area contributed by atoms with Gasteiger partial charge in [-0.25, -0.2) is 4.98 Å². The molecule has 2 unspecified atom stereocenters. The summed E-state index contributed by atoms with van der Waals surface area (Å²) in [5, 5.41) is 4.10. The molecular formula is C18H22N4OS. The van der Waals surface area contributed by atoms with Crippen LogP contribution in [0.3, 0.4) is 0 Å². The standard InChI is InChI=1S/C18H22N4OS/c1-11-16(24-18(20-11)14-5-3-4-8-19-14)17(23)21-15-12(2)22-9-6-13(15)7-10-22/h3-5,8,12-13,15H,6-7,9-10H2,1-2H3,(H,21,23). The second kappa shape index (κ2) is 6.26. The van der Waals surface area contributed by atoms with Gasteiger partial charge in [0.25, 0.3) is 5.91 Å². The first-order valence-corrected chi connectivity index (χ1v) is 9.39. The maximum Gasteiger partial charge on any atom is 0.263 e. The van der Waals surface area contributed by atoms with Crippen molar-refractivity contribution in [2.45, 2.75) is 38.8 Å². The molecule has 0 aromatic carbocycles. The van der Waals surface area contributed by atoms with Gasteiger partial charge >= 0.3 is 0 Å². The highest BCUT2D eigenvalue weighted by atomic mass is 32.1. The number of aromatic nitrogens is 2. The van der Waals surface area contributed by atoms with Gasteiger partial charge in [-0.15, -0.1) is 11.3 Å². The maximum atomic E-state index is 12.8. The summed E-state index contributed by atoms with van der Waals surface area (Å²) in [7, 11) is 0. The Morgan fingerprint density at radius 1 is 1.33 bits per heavy atom. The van der Waals surface area contributed by atoms with Crippen LogP contribution in [0, 0.1) is 12.8 Å². The number of piperidine rings is 3. The number of carbonyl (C=O) groups is 1. The quantitative estimate of drug-likeness (QED) is 0.932. The number of thiazole rings is 1. The third-order valence-corrected chi connectivity index (χ3v) is 6.54. The number of hydrogen-bond donors (Lipinski definition) is 1. The molecule has 24 heavy (non-hydrogen) atoms. The Morgan fingerprint density at radius 3 is 2.79 bits per heavy atom. The minimum atomic E-state index is 0.0118. The van der Waals surface area contributed by atoms with Gasteiger partial charge in [-0.3, -0.25) is 14.7 Å². The van der Waals surface area contributed by atoms with E-state index in [4.69, 9.17) is 0 Å². The lowest BCUT2D eigenvalue weighted by atomic mass is 9.79. The van der Waals surface area contributed by atoms with Crippen molar-refractivity contribution in [2.24, 2.45) is 5.92 Å². The SMILES string of the molecule is Cc1nc(-c2ccccn2)sc1C(=O)NC1C2CCN(CC2)C1C. The summed E-state index contributed by atoms with van der Waals surface area (Å²) in [6.07, 6.45) is 4.13. The molecule has 2 bridgehead atoms. The summed E-state index contributed by atoms with van der Waals surface area (Å²) >= 11 is 1.43. The van der Waals surface area contributed by atoms with Crippen molar-refractivity contribution in [3.63, 3.8) is 0 Å². The van der Waals surface area contributed by atoms with E-state index < -0.39 is 0 Å². The molecule has 5 heterocycles. The molecule has 0 spiro atoms. The Labute approximate surface area is 146 Å². The highest BCUT2D eigenvalue weighted by Gasteiger charge is 2.40. The molecule has 3 aliphatic rings. The number of rotatable bonds is 3. The number of pyridine rings is 1. The van der Waals surface area contributed by atoms with E-state index in [-0.39, 0.29) is 11.9 Å². The lowest BCUT2D eigenvalue weighted by Crippen LogP contribution is -2.62. The van der Waals surface area contributed by atoms with Crippen LogP contribution in [0.2, 0.25) is 0 Å². The second-order valence-corrected chi connectivity index (χ2v) is 7.76. The fourth-order valence-electron chi connectivity index (χ4n) is 3.97. The number of nitrogens with one attached hydrogen (secondary N) is 1. The van der Waals surface area contributed by atoms with Crippen molar-refractivity contribution < 1.29 is 4.79 Å². The molecule has 0 aliphatic carbocycles. The van der Waals surface area contributed by atoms with Crippen molar-refractivity contribution in [3.05, 3.63) is 35.0 Å². The summed E-state index contributed by atoms with van der Waals surface area (Å²) < 4.78 is 0. The molecular weight excluding hydrogens is 320 g/mol. The Hall–Kier alpha value is -1.79. The fourth-order valence-corrected chi connectivity index (χ4v) is 4.91. The predicted molar refractivity (Wildman–Crippen MR) is 95.1 cm³/mol. The molecule has 0 saturated carbocycles. The van der Waals surface area contributed by atoms with Gasteiger partial charge in [0.2, 0.25) is 0 Å². The van der Waals surface area contributed by atoms with Crippen LogP contribution in [-0.4, -0.2) is 45.9 Å². The zero-order valence-corrected chi connectivity index (χ0v) is 14.8. The van der Waals surface area contributed by atoms with Crippen LogP contribution in [0.5, 0.6) is 0 Å². The van der Waals surface area contributed by atoms with E-state index in [1.165, 1.54) is 37.3 Å². The first-order chi connectivity index (χ1) is 11.6. The van der Waals surface area contributed by atoms with Gasteiger partial charge in [0.15, 0.2) is 0 Å². The predicted octanol–water partition coefficient (Wildman–Crippen LogP) is 2.73. The summed E-state index contributed by atoms with van der Waals surface area (Å²) in [6.45, 7) is 6.47. The molecule has 2 aromatic rings. The molecule has 3 aliphatic heterocycles. The van der Waals surface area contributed by atoms with E-state index in [9.17, 15) is 4.79 Å². The maximum absolute atomic E-state index is 12.8. The van der Waals surface area contributed by atoms with Gasteiger partial charge in [0.1, 0.15) is 9.88 Å². The van der Waals surface area contributed by atoms with Crippen LogP contribution in [-0.2, 0) is 0 Å². The van der Waals surface area contributed by atoms with Crippen molar-refractivity contribution in [2.75, 3.05) is 13.1 Å². The number of hydrogen-bond acceptors (Lipinski definition) is 5. The lowest BCUT2D eigenvalue weighted by Gasteiger charge is -2.49. The van der Waals surface area contributed by atoms with Crippen LogP contribution in [0.1, 0.15) is 35.1 Å². The normalized spacial score (nSPS) is 28.8. The fraction of sp³-hybridized carbons (Fsp3) is 0.500. The number of aryl methyl sites for hydroxylation is 1. The summed E-state index contributed by atoms with van der Waals surface area (Å²) in [4.78, 5) is 24.9. The zero-order chi connectivity index (χ0) is 16.7. The molecule has 2 aromatic heterocycles. The van der Waals surface area contributed by atoms with Gasteiger partial charge < -0.3 is 5.32 Å². The monoisotopic (exact) mass is 342 g/mol. The average molecular weight is 342 g/mol. The van der Waals surface area contributed by atoms with Gasteiger partial charge in [0.05, 0.1) is 11.4 Å². The van der Waals surface area contributed by atoms with Crippen LogP contribution < -0.4 is 5.32 Å². The molecule has 1 amide bonds. The summed E-state index contributed by atoms with van der Waals surface area (Å²) in [5.74, 6) is 0.621. The van der Waals surface area contributed by atoms with E-state index in [0.29, 0.717) is 16.8 Å². The van der Waals surface area contributed by atoms with Crippen LogP contribution >= 0.6 is 11.3 Å². The molecule has 5 rings (SSSR count). The molecule has 126 valence electrons. The zero-order valence-electron chi connectivity index (χ0n) is 14.0. The first kappa shape index (κ1) is 15.7. The third-order valence-electron chi connectivity index (χ3n) is 5.36. The van der Waals surface area contributed by atoms with Crippen LogP contribution in [0.25, 0.3) is 10.7 Å².